The molecule has 0 saturated carbocycles. The van der Waals surface area contributed by atoms with Crippen molar-refractivity contribution in [2.24, 2.45) is 0 Å². The summed E-state index contributed by atoms with van der Waals surface area (Å²) in [4.78, 5) is 27.1. The normalized spacial score (nSPS) is 10.6. The number of hydrogen-bond donors (Lipinski definition) is 2. The van der Waals surface area contributed by atoms with Crippen molar-refractivity contribution < 1.29 is 9.53 Å². The van der Waals surface area contributed by atoms with Crippen LogP contribution in [0.25, 0.3) is 10.9 Å². The van der Waals surface area contributed by atoms with Gasteiger partial charge in [0.2, 0.25) is 5.91 Å². The highest BCUT2D eigenvalue weighted by molar-refractivity contribution is 5.79. The number of H-pyrrole nitrogens is 1. The average Bonchev–Trinajstić information content (AvgIpc) is 2.64. The number of para-hydroxylation sites is 2. The molecule has 5 heteroatoms. The number of carbonyl (C=O) groups is 1. The van der Waals surface area contributed by atoms with E-state index in [2.05, 4.69) is 10.3 Å². The topological polar surface area (TPSA) is 71.2 Å². The SMILES string of the molecule is COc1ccccc1CNC(=O)CCc1cc2ccccc2[nH]c1=O. The fourth-order valence-electron chi connectivity index (χ4n) is 2.76. The van der Waals surface area contributed by atoms with Crippen LogP contribution in [0.3, 0.4) is 0 Å². The number of nitrogens with one attached hydrogen (secondary N) is 2. The van der Waals surface area contributed by atoms with Crippen molar-refractivity contribution in [3.05, 3.63) is 76.1 Å². The zero-order valence-electron chi connectivity index (χ0n) is 14.0. The first-order chi connectivity index (χ1) is 12.2. The number of pyridine rings is 1. The molecule has 2 N–H and O–H groups in total. The summed E-state index contributed by atoms with van der Waals surface area (Å²) in [5, 5.41) is 3.83. The maximum Gasteiger partial charge on any atom is 0.251 e. The number of aromatic nitrogens is 1. The molecule has 0 fully saturated rings. The van der Waals surface area contributed by atoms with Crippen LogP contribution in [-0.4, -0.2) is 18.0 Å². The van der Waals surface area contributed by atoms with E-state index in [-0.39, 0.29) is 17.9 Å². The van der Waals surface area contributed by atoms with Gasteiger partial charge in [0.25, 0.3) is 5.56 Å². The van der Waals surface area contributed by atoms with Gasteiger partial charge in [-0.05, 0) is 30.0 Å². The maximum atomic E-state index is 12.1. The Morgan fingerprint density at radius 2 is 1.84 bits per heavy atom. The van der Waals surface area contributed by atoms with E-state index in [1.807, 2.05) is 54.6 Å². The molecule has 0 atom stereocenters. The second-order valence-corrected chi connectivity index (χ2v) is 5.80. The van der Waals surface area contributed by atoms with E-state index in [9.17, 15) is 9.59 Å². The molecule has 1 aromatic heterocycles. The van der Waals surface area contributed by atoms with E-state index in [1.165, 1.54) is 0 Å². The zero-order valence-corrected chi connectivity index (χ0v) is 14.0. The molecule has 0 radical (unpaired) electrons. The molecule has 25 heavy (non-hydrogen) atoms. The van der Waals surface area contributed by atoms with Gasteiger partial charge in [-0.15, -0.1) is 0 Å². The van der Waals surface area contributed by atoms with Gasteiger partial charge in [-0.2, -0.15) is 0 Å². The van der Waals surface area contributed by atoms with Crippen LogP contribution in [-0.2, 0) is 17.8 Å². The second-order valence-electron chi connectivity index (χ2n) is 5.80. The van der Waals surface area contributed by atoms with Crippen molar-refractivity contribution >= 4 is 16.8 Å². The minimum Gasteiger partial charge on any atom is -0.496 e. The van der Waals surface area contributed by atoms with E-state index < -0.39 is 0 Å². The lowest BCUT2D eigenvalue weighted by atomic mass is 10.1. The number of rotatable bonds is 6. The van der Waals surface area contributed by atoms with Gasteiger partial charge in [0, 0.05) is 29.6 Å². The molecular formula is C20H20N2O3. The summed E-state index contributed by atoms with van der Waals surface area (Å²) in [5.74, 6) is 0.646. The molecule has 0 aliphatic carbocycles. The number of ether oxygens (including phenoxy) is 1. The molecule has 5 nitrogen and oxygen atoms in total. The first kappa shape index (κ1) is 16.8. The molecule has 2 aromatic carbocycles. The fraction of sp³-hybridized carbons (Fsp3) is 0.200. The average molecular weight is 336 g/mol. The van der Waals surface area contributed by atoms with Crippen LogP contribution < -0.4 is 15.6 Å². The van der Waals surface area contributed by atoms with Gasteiger partial charge in [-0.25, -0.2) is 0 Å². The Labute approximate surface area is 145 Å². The lowest BCUT2D eigenvalue weighted by Crippen LogP contribution is -2.24. The summed E-state index contributed by atoms with van der Waals surface area (Å²) in [6.45, 7) is 0.400. The monoisotopic (exact) mass is 336 g/mol. The summed E-state index contributed by atoms with van der Waals surface area (Å²) < 4.78 is 5.27. The van der Waals surface area contributed by atoms with Crippen molar-refractivity contribution in [2.45, 2.75) is 19.4 Å². The molecule has 0 unspecified atom stereocenters. The van der Waals surface area contributed by atoms with Crippen molar-refractivity contribution in [2.75, 3.05) is 7.11 Å². The summed E-state index contributed by atoms with van der Waals surface area (Å²) in [7, 11) is 1.60. The van der Waals surface area contributed by atoms with Gasteiger partial charge < -0.3 is 15.0 Å². The Morgan fingerprint density at radius 3 is 2.68 bits per heavy atom. The molecule has 128 valence electrons. The van der Waals surface area contributed by atoms with Crippen LogP contribution in [0.4, 0.5) is 0 Å². The smallest absolute Gasteiger partial charge is 0.251 e. The van der Waals surface area contributed by atoms with Crippen LogP contribution in [0, 0.1) is 0 Å². The number of benzene rings is 2. The standard InChI is InChI=1S/C20H20N2O3/c1-25-18-9-5-3-7-16(18)13-21-19(23)11-10-15-12-14-6-2-4-8-17(14)22-20(15)24/h2-9,12H,10-11,13H2,1H3,(H,21,23)(H,22,24). The molecule has 0 aliphatic rings. The minimum atomic E-state index is -0.142. The predicted octanol–water partition coefficient (Wildman–Crippen LogP) is 2.79. The highest BCUT2D eigenvalue weighted by Crippen LogP contribution is 2.16. The lowest BCUT2D eigenvalue weighted by molar-refractivity contribution is -0.121. The predicted molar refractivity (Wildman–Crippen MR) is 97.7 cm³/mol. The maximum absolute atomic E-state index is 12.1. The molecule has 0 saturated heterocycles. The van der Waals surface area contributed by atoms with E-state index in [4.69, 9.17) is 4.74 Å². The van der Waals surface area contributed by atoms with E-state index in [1.54, 1.807) is 7.11 Å². The molecule has 0 spiro atoms. The van der Waals surface area contributed by atoms with Crippen LogP contribution in [0.1, 0.15) is 17.5 Å². The van der Waals surface area contributed by atoms with Crippen LogP contribution in [0.2, 0.25) is 0 Å². The van der Waals surface area contributed by atoms with Crippen LogP contribution >= 0.6 is 0 Å². The summed E-state index contributed by atoms with van der Waals surface area (Å²) in [5.41, 5.74) is 2.20. The number of aryl methyl sites for hydroxylation is 1. The third-order valence-corrected chi connectivity index (χ3v) is 4.12. The number of amides is 1. The van der Waals surface area contributed by atoms with Gasteiger partial charge >= 0.3 is 0 Å². The molecule has 0 bridgehead atoms. The Balaban J connectivity index is 1.61. The molecular weight excluding hydrogens is 316 g/mol. The van der Waals surface area contributed by atoms with E-state index in [0.717, 1.165) is 22.2 Å². The van der Waals surface area contributed by atoms with Crippen LogP contribution in [0.5, 0.6) is 5.75 Å². The Morgan fingerprint density at radius 1 is 1.08 bits per heavy atom. The Kier molecular flexibility index (Phi) is 5.14. The number of fused-ring (bicyclic) bond motifs is 1. The number of hydrogen-bond acceptors (Lipinski definition) is 3. The highest BCUT2D eigenvalue weighted by Gasteiger charge is 2.08. The van der Waals surface area contributed by atoms with E-state index >= 15 is 0 Å². The number of carbonyl (C=O) groups excluding carboxylic acids is 1. The quantitative estimate of drug-likeness (QED) is 0.727. The third kappa shape index (κ3) is 4.07. The first-order valence-electron chi connectivity index (χ1n) is 8.17. The summed E-state index contributed by atoms with van der Waals surface area (Å²) in [6, 6.07) is 17.0. The van der Waals surface area contributed by atoms with Crippen molar-refractivity contribution in [3.63, 3.8) is 0 Å². The van der Waals surface area contributed by atoms with E-state index in [0.29, 0.717) is 18.5 Å². The summed E-state index contributed by atoms with van der Waals surface area (Å²) >= 11 is 0. The molecule has 3 aromatic rings. The molecule has 1 heterocycles. The van der Waals surface area contributed by atoms with Gasteiger partial charge in [0.1, 0.15) is 5.75 Å². The van der Waals surface area contributed by atoms with Gasteiger partial charge in [0.15, 0.2) is 0 Å². The second kappa shape index (κ2) is 7.66. The van der Waals surface area contributed by atoms with Gasteiger partial charge in [-0.3, -0.25) is 9.59 Å². The lowest BCUT2D eigenvalue weighted by Gasteiger charge is -2.09. The minimum absolute atomic E-state index is 0.0986. The third-order valence-electron chi connectivity index (χ3n) is 4.12. The summed E-state index contributed by atoms with van der Waals surface area (Å²) in [6.07, 6.45) is 0.661. The molecule has 1 amide bonds. The van der Waals surface area contributed by atoms with Gasteiger partial charge in [-0.1, -0.05) is 36.4 Å². The molecule has 3 rings (SSSR count). The number of aromatic amines is 1. The van der Waals surface area contributed by atoms with Crippen molar-refractivity contribution in [1.29, 1.82) is 0 Å². The van der Waals surface area contributed by atoms with Gasteiger partial charge in [0.05, 0.1) is 7.11 Å². The zero-order chi connectivity index (χ0) is 17.6. The number of methoxy groups -OCH3 is 1. The molecule has 0 aliphatic heterocycles. The Hall–Kier alpha value is -3.08. The first-order valence-corrected chi connectivity index (χ1v) is 8.17. The van der Waals surface area contributed by atoms with Crippen molar-refractivity contribution in [1.82, 2.24) is 10.3 Å². The largest absolute Gasteiger partial charge is 0.496 e. The Bertz CT molecular complexity index is 947. The van der Waals surface area contributed by atoms with Crippen molar-refractivity contribution in [3.8, 4) is 5.75 Å². The highest BCUT2D eigenvalue weighted by atomic mass is 16.5. The fourth-order valence-corrected chi connectivity index (χ4v) is 2.76. The van der Waals surface area contributed by atoms with Crippen LogP contribution in [0.15, 0.2) is 59.4 Å².